The highest BCUT2D eigenvalue weighted by atomic mass is 16.2. The number of hydrogen-bond acceptors (Lipinski definition) is 4. The number of hydrogen-bond donors (Lipinski definition) is 1. The van der Waals surface area contributed by atoms with Gasteiger partial charge in [-0.2, -0.15) is 0 Å². The molecule has 170 valence electrons. The summed E-state index contributed by atoms with van der Waals surface area (Å²) in [5.74, 6) is 1.98. The molecule has 0 spiro atoms. The summed E-state index contributed by atoms with van der Waals surface area (Å²) in [7, 11) is 1.79. The van der Waals surface area contributed by atoms with Gasteiger partial charge in [0.25, 0.3) is 0 Å². The van der Waals surface area contributed by atoms with Gasteiger partial charge in [-0.15, -0.1) is 0 Å². The maximum atomic E-state index is 12.7. The zero-order valence-electron chi connectivity index (χ0n) is 19.1. The van der Waals surface area contributed by atoms with Gasteiger partial charge in [0.2, 0.25) is 11.8 Å². The normalized spacial score (nSPS) is 24.8. The number of guanidine groups is 1. The Balaban J connectivity index is 1.39. The number of piperazine rings is 1. The zero-order chi connectivity index (χ0) is 21.5. The quantitative estimate of drug-likeness (QED) is 0.527. The first-order chi connectivity index (χ1) is 14.5. The average Bonchev–Trinajstić information content (AvgIpc) is 3.31. The van der Waals surface area contributed by atoms with E-state index >= 15 is 0 Å². The van der Waals surface area contributed by atoms with E-state index in [0.717, 1.165) is 77.6 Å². The second kappa shape index (κ2) is 11.0. The largest absolute Gasteiger partial charge is 0.356 e. The molecule has 2 unspecified atom stereocenters. The van der Waals surface area contributed by atoms with Crippen molar-refractivity contribution >= 4 is 17.8 Å². The van der Waals surface area contributed by atoms with E-state index in [1.807, 2.05) is 16.7 Å². The molecule has 3 aliphatic heterocycles. The summed E-state index contributed by atoms with van der Waals surface area (Å²) in [6.45, 7) is 11.9. The van der Waals surface area contributed by atoms with E-state index in [9.17, 15) is 9.59 Å². The van der Waals surface area contributed by atoms with E-state index in [1.165, 1.54) is 6.42 Å². The summed E-state index contributed by atoms with van der Waals surface area (Å²) in [5.41, 5.74) is 0. The van der Waals surface area contributed by atoms with Gasteiger partial charge in [0.05, 0.1) is 6.04 Å². The van der Waals surface area contributed by atoms with Gasteiger partial charge in [-0.05, 0) is 38.5 Å². The van der Waals surface area contributed by atoms with Crippen molar-refractivity contribution in [3.8, 4) is 0 Å². The smallest absolute Gasteiger partial charge is 0.239 e. The summed E-state index contributed by atoms with van der Waals surface area (Å²) in [6.07, 6.45) is 5.11. The van der Waals surface area contributed by atoms with Crippen LogP contribution >= 0.6 is 0 Å². The fourth-order valence-corrected chi connectivity index (χ4v) is 4.87. The molecule has 8 heteroatoms. The Hall–Kier alpha value is -1.83. The van der Waals surface area contributed by atoms with Crippen molar-refractivity contribution in [1.82, 2.24) is 24.9 Å². The van der Waals surface area contributed by atoms with Gasteiger partial charge in [0, 0.05) is 72.4 Å². The minimum atomic E-state index is -0.0511. The fraction of sp³-hybridized carbons (Fsp3) is 0.864. The van der Waals surface area contributed by atoms with Crippen LogP contribution in [-0.4, -0.2) is 109 Å². The van der Waals surface area contributed by atoms with Gasteiger partial charge < -0.3 is 20.0 Å². The molecule has 3 aliphatic rings. The lowest BCUT2D eigenvalue weighted by Crippen LogP contribution is -2.57. The van der Waals surface area contributed by atoms with Crippen LogP contribution < -0.4 is 5.32 Å². The van der Waals surface area contributed by atoms with E-state index in [1.54, 1.807) is 7.05 Å². The lowest BCUT2D eigenvalue weighted by Gasteiger charge is -2.39. The Bertz CT molecular complexity index is 611. The second-order valence-corrected chi connectivity index (χ2v) is 9.04. The summed E-state index contributed by atoms with van der Waals surface area (Å²) in [5, 5.41) is 3.37. The summed E-state index contributed by atoms with van der Waals surface area (Å²) < 4.78 is 0. The third-order valence-corrected chi connectivity index (χ3v) is 6.78. The van der Waals surface area contributed by atoms with Gasteiger partial charge >= 0.3 is 0 Å². The standard InChI is InChI=1S/C22H40N6O2/c1-18-7-6-12-28(17-18)20(29)8-9-24-22(23-3)27-15-13-25(14-16-27)19(2)21(30)26-10-4-5-11-26/h18-19H,4-17H2,1-3H3,(H,23,24). The molecule has 1 N–H and O–H groups in total. The number of carbonyl (C=O) groups is 2. The predicted octanol–water partition coefficient (Wildman–Crippen LogP) is 0.839. The maximum Gasteiger partial charge on any atom is 0.239 e. The van der Waals surface area contributed by atoms with Crippen molar-refractivity contribution in [3.05, 3.63) is 0 Å². The van der Waals surface area contributed by atoms with Crippen LogP contribution in [0, 0.1) is 5.92 Å². The van der Waals surface area contributed by atoms with Crippen LogP contribution in [0.3, 0.4) is 0 Å². The average molecular weight is 421 g/mol. The summed E-state index contributed by atoms with van der Waals surface area (Å²) >= 11 is 0. The Kier molecular flexibility index (Phi) is 8.36. The molecule has 3 fully saturated rings. The van der Waals surface area contributed by atoms with E-state index < -0.39 is 0 Å². The van der Waals surface area contributed by atoms with Crippen molar-refractivity contribution < 1.29 is 9.59 Å². The number of nitrogens with zero attached hydrogens (tertiary/aromatic N) is 5. The van der Waals surface area contributed by atoms with Gasteiger partial charge in [0.1, 0.15) is 0 Å². The number of aliphatic imine (C=N–C) groups is 1. The number of carbonyl (C=O) groups excluding carboxylic acids is 2. The van der Waals surface area contributed by atoms with Crippen LogP contribution in [0.25, 0.3) is 0 Å². The monoisotopic (exact) mass is 420 g/mol. The molecule has 2 atom stereocenters. The molecule has 0 saturated carbocycles. The van der Waals surface area contributed by atoms with Crippen molar-refractivity contribution in [1.29, 1.82) is 0 Å². The molecule has 3 heterocycles. The fourth-order valence-electron chi connectivity index (χ4n) is 4.87. The second-order valence-electron chi connectivity index (χ2n) is 9.04. The Morgan fingerprint density at radius 2 is 1.63 bits per heavy atom. The van der Waals surface area contributed by atoms with Crippen molar-refractivity contribution in [3.63, 3.8) is 0 Å². The van der Waals surface area contributed by atoms with Crippen molar-refractivity contribution in [2.75, 3.05) is 66.0 Å². The molecule has 8 nitrogen and oxygen atoms in total. The van der Waals surface area contributed by atoms with Crippen molar-refractivity contribution in [2.24, 2.45) is 10.9 Å². The van der Waals surface area contributed by atoms with Gasteiger partial charge in [0.15, 0.2) is 5.96 Å². The Morgan fingerprint density at radius 1 is 0.967 bits per heavy atom. The van der Waals surface area contributed by atoms with E-state index in [2.05, 4.69) is 27.0 Å². The number of likely N-dealkylation sites (tertiary alicyclic amines) is 2. The van der Waals surface area contributed by atoms with Gasteiger partial charge in [-0.1, -0.05) is 6.92 Å². The molecule has 0 aromatic rings. The van der Waals surface area contributed by atoms with Crippen molar-refractivity contribution in [2.45, 2.75) is 52.0 Å². The minimum Gasteiger partial charge on any atom is -0.356 e. The molecular formula is C22H40N6O2. The zero-order valence-corrected chi connectivity index (χ0v) is 19.1. The SMILES string of the molecule is CN=C(NCCC(=O)N1CCCC(C)C1)N1CCN(C(C)C(=O)N2CCCC2)CC1. The third-order valence-electron chi connectivity index (χ3n) is 6.78. The summed E-state index contributed by atoms with van der Waals surface area (Å²) in [6, 6.07) is -0.0511. The third kappa shape index (κ3) is 5.86. The van der Waals surface area contributed by atoms with E-state index in [-0.39, 0.29) is 17.9 Å². The topological polar surface area (TPSA) is 71.5 Å². The van der Waals surface area contributed by atoms with Crippen LogP contribution in [0.4, 0.5) is 0 Å². The molecule has 2 amide bonds. The number of amides is 2. The molecule has 3 saturated heterocycles. The highest BCUT2D eigenvalue weighted by Gasteiger charge is 2.30. The summed E-state index contributed by atoms with van der Waals surface area (Å²) in [4.78, 5) is 38.1. The Morgan fingerprint density at radius 3 is 2.27 bits per heavy atom. The predicted molar refractivity (Wildman–Crippen MR) is 119 cm³/mol. The first kappa shape index (κ1) is 22.8. The molecule has 0 aromatic carbocycles. The van der Waals surface area contributed by atoms with Gasteiger partial charge in [-0.25, -0.2) is 0 Å². The molecule has 3 rings (SSSR count). The van der Waals surface area contributed by atoms with Crippen LogP contribution in [0.2, 0.25) is 0 Å². The Labute approximate surface area is 181 Å². The first-order valence-electron chi connectivity index (χ1n) is 11.8. The lowest BCUT2D eigenvalue weighted by molar-refractivity contribution is -0.136. The van der Waals surface area contributed by atoms with E-state index in [0.29, 0.717) is 18.9 Å². The molecule has 0 radical (unpaired) electrons. The molecule has 0 bridgehead atoms. The number of piperidine rings is 1. The van der Waals surface area contributed by atoms with Crippen LogP contribution in [-0.2, 0) is 9.59 Å². The number of rotatable bonds is 5. The van der Waals surface area contributed by atoms with Crippen LogP contribution in [0.5, 0.6) is 0 Å². The molecule has 0 aromatic heterocycles. The van der Waals surface area contributed by atoms with Gasteiger partial charge in [-0.3, -0.25) is 19.5 Å². The molecular weight excluding hydrogens is 380 g/mol. The molecule has 0 aliphatic carbocycles. The van der Waals surface area contributed by atoms with Crippen LogP contribution in [0.1, 0.15) is 46.0 Å². The number of nitrogens with one attached hydrogen (secondary N) is 1. The highest BCUT2D eigenvalue weighted by Crippen LogP contribution is 2.16. The maximum absolute atomic E-state index is 12.7. The first-order valence-corrected chi connectivity index (χ1v) is 11.8. The molecule has 30 heavy (non-hydrogen) atoms. The lowest BCUT2D eigenvalue weighted by atomic mass is 10.00. The highest BCUT2D eigenvalue weighted by molar-refractivity contribution is 5.82. The minimum absolute atomic E-state index is 0.0511. The van der Waals surface area contributed by atoms with Crippen LogP contribution in [0.15, 0.2) is 4.99 Å². The van der Waals surface area contributed by atoms with E-state index in [4.69, 9.17) is 0 Å².